The van der Waals surface area contributed by atoms with E-state index < -0.39 is 23.6 Å². The first-order valence-corrected chi connectivity index (χ1v) is 5.55. The molecule has 2 N–H and O–H groups in total. The number of hydrogen-bond donors (Lipinski definition) is 2. The van der Waals surface area contributed by atoms with Crippen molar-refractivity contribution in [2.75, 3.05) is 5.32 Å². The third kappa shape index (κ3) is 4.34. The lowest BCUT2D eigenvalue weighted by molar-refractivity contribution is -0.274. The predicted octanol–water partition coefficient (Wildman–Crippen LogP) is 1.92. The number of carbonyl (C=O) groups is 1. The number of benzene rings is 1. The molecular weight excluding hydrogens is 291 g/mol. The van der Waals surface area contributed by atoms with Crippen molar-refractivity contribution in [3.05, 3.63) is 52.7 Å². The molecule has 0 radical (unpaired) electrons. The van der Waals surface area contributed by atoms with Gasteiger partial charge in [-0.05, 0) is 24.3 Å². The van der Waals surface area contributed by atoms with E-state index in [9.17, 15) is 22.8 Å². The second-order valence-electron chi connectivity index (χ2n) is 3.82. The molecule has 1 aromatic carbocycles. The van der Waals surface area contributed by atoms with Gasteiger partial charge in [0.2, 0.25) is 0 Å². The highest BCUT2D eigenvalue weighted by atomic mass is 19.4. The Bertz CT molecular complexity index is 695. The molecule has 0 atom stereocenters. The fraction of sp³-hybridized carbons (Fsp3) is 0.0833. The Hall–Kier alpha value is -2.84. The number of aromatic nitrogens is 2. The molecule has 0 spiro atoms. The molecule has 1 aromatic heterocycles. The number of H-pyrrole nitrogens is 1. The van der Waals surface area contributed by atoms with E-state index in [0.717, 1.165) is 24.5 Å². The Kier molecular flexibility index (Phi) is 3.92. The average Bonchev–Trinajstić information content (AvgIpc) is 2.39. The quantitative estimate of drug-likeness (QED) is 0.907. The van der Waals surface area contributed by atoms with Crippen LogP contribution in [-0.4, -0.2) is 22.2 Å². The van der Waals surface area contributed by atoms with Gasteiger partial charge in [0.15, 0.2) is 0 Å². The minimum Gasteiger partial charge on any atom is -0.406 e. The van der Waals surface area contributed by atoms with Crippen molar-refractivity contribution in [3.63, 3.8) is 0 Å². The number of anilines is 1. The van der Waals surface area contributed by atoms with Gasteiger partial charge >= 0.3 is 6.36 Å². The summed E-state index contributed by atoms with van der Waals surface area (Å²) in [6.45, 7) is 0. The average molecular weight is 299 g/mol. The van der Waals surface area contributed by atoms with Crippen molar-refractivity contribution in [2.24, 2.45) is 0 Å². The highest BCUT2D eigenvalue weighted by Crippen LogP contribution is 2.23. The molecule has 0 saturated heterocycles. The summed E-state index contributed by atoms with van der Waals surface area (Å²) in [4.78, 5) is 28.7. The highest BCUT2D eigenvalue weighted by Gasteiger charge is 2.30. The number of nitrogens with one attached hydrogen (secondary N) is 2. The SMILES string of the molecule is O=C(Nc1ccc(OC(F)(F)F)cc1)c1cc(=O)[nH]cn1. The number of nitrogens with zero attached hydrogens (tertiary/aromatic N) is 1. The first kappa shape index (κ1) is 14.6. The maximum Gasteiger partial charge on any atom is 0.573 e. The van der Waals surface area contributed by atoms with Crippen molar-refractivity contribution in [1.82, 2.24) is 9.97 Å². The lowest BCUT2D eigenvalue weighted by atomic mass is 10.3. The summed E-state index contributed by atoms with van der Waals surface area (Å²) in [5.74, 6) is -1.07. The van der Waals surface area contributed by atoms with Crippen LogP contribution in [0, 0.1) is 0 Å². The largest absolute Gasteiger partial charge is 0.573 e. The molecule has 0 aliphatic carbocycles. The van der Waals surface area contributed by atoms with Gasteiger partial charge in [0.05, 0.1) is 6.33 Å². The van der Waals surface area contributed by atoms with Crippen molar-refractivity contribution in [1.29, 1.82) is 0 Å². The Morgan fingerprint density at radius 3 is 2.48 bits per heavy atom. The van der Waals surface area contributed by atoms with Crippen LogP contribution >= 0.6 is 0 Å². The summed E-state index contributed by atoms with van der Waals surface area (Å²) in [6.07, 6.45) is -3.71. The second-order valence-corrected chi connectivity index (χ2v) is 3.82. The molecular formula is C12H8F3N3O3. The zero-order valence-corrected chi connectivity index (χ0v) is 10.3. The fourth-order valence-corrected chi connectivity index (χ4v) is 1.43. The molecule has 9 heteroatoms. The van der Waals surface area contributed by atoms with Gasteiger partial charge in [-0.3, -0.25) is 9.59 Å². The van der Waals surface area contributed by atoms with Gasteiger partial charge in [0.25, 0.3) is 11.5 Å². The van der Waals surface area contributed by atoms with Gasteiger partial charge in [-0.25, -0.2) is 4.98 Å². The van der Waals surface area contributed by atoms with Crippen LogP contribution in [0.15, 0.2) is 41.5 Å². The standard InChI is InChI=1S/C12H8F3N3O3/c13-12(14,15)21-8-3-1-7(2-4-8)18-11(20)9-5-10(19)17-6-16-9/h1-6H,(H,18,20)(H,16,17,19). The molecule has 2 rings (SSSR count). The molecule has 0 aliphatic heterocycles. The Labute approximate surface area is 115 Å². The molecule has 1 amide bonds. The van der Waals surface area contributed by atoms with E-state index in [4.69, 9.17) is 0 Å². The van der Waals surface area contributed by atoms with Crippen LogP contribution in [0.25, 0.3) is 0 Å². The number of aromatic amines is 1. The van der Waals surface area contributed by atoms with Crippen LogP contribution in [0.3, 0.4) is 0 Å². The molecule has 0 saturated carbocycles. The fourth-order valence-electron chi connectivity index (χ4n) is 1.43. The van der Waals surface area contributed by atoms with Crippen LogP contribution < -0.4 is 15.6 Å². The smallest absolute Gasteiger partial charge is 0.406 e. The maximum atomic E-state index is 12.0. The molecule has 0 bridgehead atoms. The van der Waals surface area contributed by atoms with Crippen molar-refractivity contribution < 1.29 is 22.7 Å². The van der Waals surface area contributed by atoms with E-state index in [-0.39, 0.29) is 11.4 Å². The molecule has 1 heterocycles. The van der Waals surface area contributed by atoms with Gasteiger partial charge in [0, 0.05) is 11.8 Å². The van der Waals surface area contributed by atoms with Gasteiger partial charge in [-0.2, -0.15) is 0 Å². The van der Waals surface area contributed by atoms with Crippen LogP contribution in [0.2, 0.25) is 0 Å². The highest BCUT2D eigenvalue weighted by molar-refractivity contribution is 6.02. The normalized spacial score (nSPS) is 11.0. The number of ether oxygens (including phenoxy) is 1. The van der Waals surface area contributed by atoms with Crippen LogP contribution in [0.5, 0.6) is 5.75 Å². The summed E-state index contributed by atoms with van der Waals surface area (Å²) >= 11 is 0. The second kappa shape index (κ2) is 5.65. The predicted molar refractivity (Wildman–Crippen MR) is 65.9 cm³/mol. The van der Waals surface area contributed by atoms with Crippen molar-refractivity contribution in [2.45, 2.75) is 6.36 Å². The molecule has 21 heavy (non-hydrogen) atoms. The number of hydrogen-bond acceptors (Lipinski definition) is 4. The number of alkyl halides is 3. The number of amides is 1. The van der Waals surface area contributed by atoms with Gasteiger partial charge in [0.1, 0.15) is 11.4 Å². The first-order valence-electron chi connectivity index (χ1n) is 5.55. The number of rotatable bonds is 3. The molecule has 0 fully saturated rings. The summed E-state index contributed by atoms with van der Waals surface area (Å²) in [5, 5.41) is 2.38. The van der Waals surface area contributed by atoms with E-state index in [1.54, 1.807) is 0 Å². The Morgan fingerprint density at radius 1 is 1.24 bits per heavy atom. The minimum absolute atomic E-state index is 0.116. The molecule has 0 unspecified atom stereocenters. The minimum atomic E-state index is -4.78. The van der Waals surface area contributed by atoms with Gasteiger partial charge in [-0.15, -0.1) is 13.2 Å². The molecule has 0 aliphatic rings. The van der Waals surface area contributed by atoms with E-state index in [0.29, 0.717) is 0 Å². The van der Waals surface area contributed by atoms with E-state index in [2.05, 4.69) is 20.0 Å². The maximum absolute atomic E-state index is 12.0. The van der Waals surface area contributed by atoms with Crippen LogP contribution in [0.4, 0.5) is 18.9 Å². The summed E-state index contributed by atoms with van der Waals surface area (Å²) in [5.41, 5.74) is -0.380. The van der Waals surface area contributed by atoms with Gasteiger partial charge < -0.3 is 15.0 Å². The monoisotopic (exact) mass is 299 g/mol. The summed E-state index contributed by atoms with van der Waals surface area (Å²) in [7, 11) is 0. The van der Waals surface area contributed by atoms with Crippen LogP contribution in [0.1, 0.15) is 10.5 Å². The van der Waals surface area contributed by atoms with Crippen molar-refractivity contribution in [3.8, 4) is 5.75 Å². The topological polar surface area (TPSA) is 84.1 Å². The Morgan fingerprint density at radius 2 is 1.90 bits per heavy atom. The molecule has 2 aromatic rings. The van der Waals surface area contributed by atoms with E-state index in [1.165, 1.54) is 12.1 Å². The third-order valence-corrected chi connectivity index (χ3v) is 2.26. The Balaban J connectivity index is 2.07. The lowest BCUT2D eigenvalue weighted by Crippen LogP contribution is -2.18. The summed E-state index contributed by atoms with van der Waals surface area (Å²) in [6, 6.07) is 5.55. The third-order valence-electron chi connectivity index (χ3n) is 2.26. The van der Waals surface area contributed by atoms with Gasteiger partial charge in [-0.1, -0.05) is 0 Å². The first-order chi connectivity index (χ1) is 9.83. The molecule has 110 valence electrons. The number of carbonyl (C=O) groups excluding carboxylic acids is 1. The van der Waals surface area contributed by atoms with E-state index in [1.807, 2.05) is 0 Å². The lowest BCUT2D eigenvalue weighted by Gasteiger charge is -2.09. The van der Waals surface area contributed by atoms with Crippen LogP contribution in [-0.2, 0) is 0 Å². The molecule has 6 nitrogen and oxygen atoms in total. The summed E-state index contributed by atoms with van der Waals surface area (Å²) < 4.78 is 39.6. The number of halogens is 3. The zero-order valence-electron chi connectivity index (χ0n) is 10.3. The van der Waals surface area contributed by atoms with E-state index >= 15 is 0 Å². The van der Waals surface area contributed by atoms with Crippen molar-refractivity contribution >= 4 is 11.6 Å². The zero-order chi connectivity index (χ0) is 15.5.